The van der Waals surface area contributed by atoms with Crippen LogP contribution in [0.15, 0.2) is 24.3 Å². The highest BCUT2D eigenvalue weighted by Gasteiger charge is 2.21. The van der Waals surface area contributed by atoms with Gasteiger partial charge in [-0.25, -0.2) is 0 Å². The lowest BCUT2D eigenvalue weighted by atomic mass is 10.1. The molecule has 0 aliphatic carbocycles. The van der Waals surface area contributed by atoms with Crippen molar-refractivity contribution < 1.29 is 9.59 Å². The van der Waals surface area contributed by atoms with E-state index in [4.69, 9.17) is 0 Å². The summed E-state index contributed by atoms with van der Waals surface area (Å²) >= 11 is 0. The fraction of sp³-hybridized carbons (Fsp3) is 0.467. The fourth-order valence-corrected chi connectivity index (χ4v) is 2.20. The van der Waals surface area contributed by atoms with Crippen LogP contribution in [-0.4, -0.2) is 37.5 Å². The maximum absolute atomic E-state index is 11.8. The number of aryl methyl sites for hydroxylation is 1. The van der Waals surface area contributed by atoms with Gasteiger partial charge in [-0.15, -0.1) is 12.4 Å². The Balaban J connectivity index is 0.00000220. The molecule has 2 amide bonds. The molecule has 1 aromatic rings. The van der Waals surface area contributed by atoms with Gasteiger partial charge in [0.1, 0.15) is 0 Å². The topological polar surface area (TPSA) is 70.2 Å². The summed E-state index contributed by atoms with van der Waals surface area (Å²) < 4.78 is 0. The average Bonchev–Trinajstić information content (AvgIpc) is 2.98. The first-order valence-corrected chi connectivity index (χ1v) is 7.03. The van der Waals surface area contributed by atoms with E-state index in [9.17, 15) is 9.59 Å². The highest BCUT2D eigenvalue weighted by molar-refractivity contribution is 5.94. The van der Waals surface area contributed by atoms with Crippen LogP contribution in [0.4, 0.5) is 0 Å². The van der Waals surface area contributed by atoms with Gasteiger partial charge >= 0.3 is 0 Å². The van der Waals surface area contributed by atoms with Crippen molar-refractivity contribution >= 4 is 24.2 Å². The zero-order chi connectivity index (χ0) is 14.4. The van der Waals surface area contributed by atoms with E-state index in [2.05, 4.69) is 16.0 Å². The number of rotatable bonds is 5. The van der Waals surface area contributed by atoms with Crippen LogP contribution < -0.4 is 16.0 Å². The minimum atomic E-state index is -0.113. The van der Waals surface area contributed by atoms with Crippen molar-refractivity contribution in [3.8, 4) is 0 Å². The van der Waals surface area contributed by atoms with Crippen LogP contribution in [0, 0.1) is 6.92 Å². The van der Waals surface area contributed by atoms with Crippen molar-refractivity contribution in [1.29, 1.82) is 0 Å². The lowest BCUT2D eigenvalue weighted by Crippen LogP contribution is -2.43. The molecule has 2 rings (SSSR count). The summed E-state index contributed by atoms with van der Waals surface area (Å²) in [5.41, 5.74) is 1.76. The Morgan fingerprint density at radius 2 is 1.86 bits per heavy atom. The third kappa shape index (κ3) is 5.36. The highest BCUT2D eigenvalue weighted by Crippen LogP contribution is 2.04. The first-order valence-electron chi connectivity index (χ1n) is 7.03. The van der Waals surface area contributed by atoms with E-state index in [1.54, 1.807) is 12.1 Å². The standard InChI is InChI=1S/C15H21N3O2.ClH/c1-11-4-6-12(7-5-11)14(19)17-9-10-18-15(20)13-3-2-8-16-13;/h4-7,13,16H,2-3,8-10H2,1H3,(H,17,19)(H,18,20);1H/t13-;/m0./s1. The third-order valence-electron chi connectivity index (χ3n) is 3.40. The summed E-state index contributed by atoms with van der Waals surface area (Å²) in [4.78, 5) is 23.5. The molecule has 1 aliphatic heterocycles. The van der Waals surface area contributed by atoms with Gasteiger partial charge < -0.3 is 16.0 Å². The fourth-order valence-electron chi connectivity index (χ4n) is 2.20. The van der Waals surface area contributed by atoms with Gasteiger partial charge in [0.05, 0.1) is 6.04 Å². The minimum Gasteiger partial charge on any atom is -0.353 e. The Hall–Kier alpha value is -1.59. The van der Waals surface area contributed by atoms with Crippen molar-refractivity contribution in [2.24, 2.45) is 0 Å². The summed E-state index contributed by atoms with van der Waals surface area (Å²) in [6.45, 7) is 3.77. The normalized spacial score (nSPS) is 16.9. The lowest BCUT2D eigenvalue weighted by Gasteiger charge is -2.11. The second-order valence-corrected chi connectivity index (χ2v) is 5.06. The van der Waals surface area contributed by atoms with E-state index >= 15 is 0 Å². The number of carbonyl (C=O) groups is 2. The summed E-state index contributed by atoms with van der Waals surface area (Å²) in [6.07, 6.45) is 1.93. The van der Waals surface area contributed by atoms with Gasteiger partial charge in [0.15, 0.2) is 0 Å². The Labute approximate surface area is 131 Å². The first kappa shape index (κ1) is 17.5. The Morgan fingerprint density at radius 3 is 2.48 bits per heavy atom. The van der Waals surface area contributed by atoms with Crippen LogP contribution >= 0.6 is 12.4 Å². The van der Waals surface area contributed by atoms with Crippen LogP contribution in [0.3, 0.4) is 0 Å². The molecule has 0 radical (unpaired) electrons. The van der Waals surface area contributed by atoms with Gasteiger partial charge in [0, 0.05) is 18.7 Å². The molecule has 21 heavy (non-hydrogen) atoms. The molecule has 0 saturated carbocycles. The van der Waals surface area contributed by atoms with Crippen molar-refractivity contribution in [3.05, 3.63) is 35.4 Å². The monoisotopic (exact) mass is 311 g/mol. The van der Waals surface area contributed by atoms with Gasteiger partial charge in [0.2, 0.25) is 5.91 Å². The Morgan fingerprint density at radius 1 is 1.19 bits per heavy atom. The maximum Gasteiger partial charge on any atom is 0.251 e. The molecule has 5 nitrogen and oxygen atoms in total. The Bertz CT molecular complexity index is 470. The van der Waals surface area contributed by atoms with E-state index in [1.807, 2.05) is 19.1 Å². The molecular weight excluding hydrogens is 290 g/mol. The minimum absolute atomic E-state index is 0. The number of nitrogens with one attached hydrogen (secondary N) is 3. The van der Waals surface area contributed by atoms with Crippen LogP contribution in [-0.2, 0) is 4.79 Å². The largest absolute Gasteiger partial charge is 0.353 e. The van der Waals surface area contributed by atoms with Gasteiger partial charge in [-0.3, -0.25) is 9.59 Å². The van der Waals surface area contributed by atoms with E-state index in [0.717, 1.165) is 24.9 Å². The molecule has 6 heteroatoms. The zero-order valence-corrected chi connectivity index (χ0v) is 13.0. The van der Waals surface area contributed by atoms with Gasteiger partial charge in [-0.2, -0.15) is 0 Å². The summed E-state index contributed by atoms with van der Waals surface area (Å²) in [5.74, 6) is -0.0923. The average molecular weight is 312 g/mol. The third-order valence-corrected chi connectivity index (χ3v) is 3.40. The molecule has 1 saturated heterocycles. The molecule has 0 unspecified atom stereocenters. The molecule has 1 heterocycles. The summed E-state index contributed by atoms with van der Waals surface area (Å²) in [6, 6.07) is 7.34. The lowest BCUT2D eigenvalue weighted by molar-refractivity contribution is -0.122. The Kier molecular flexibility index (Phi) is 7.19. The predicted octanol–water partition coefficient (Wildman–Crippen LogP) is 1.01. The van der Waals surface area contributed by atoms with E-state index < -0.39 is 0 Å². The number of benzene rings is 1. The molecule has 116 valence electrons. The van der Waals surface area contributed by atoms with Crippen LogP contribution in [0.5, 0.6) is 0 Å². The van der Waals surface area contributed by atoms with Crippen molar-refractivity contribution in [2.45, 2.75) is 25.8 Å². The van der Waals surface area contributed by atoms with Crippen LogP contribution in [0.2, 0.25) is 0 Å². The first-order chi connectivity index (χ1) is 9.66. The SMILES string of the molecule is Cc1ccc(C(=O)NCCNC(=O)[C@@H]2CCCN2)cc1.Cl. The maximum atomic E-state index is 11.8. The van der Waals surface area contributed by atoms with Crippen molar-refractivity contribution in [3.63, 3.8) is 0 Å². The van der Waals surface area contributed by atoms with E-state index in [1.165, 1.54) is 0 Å². The number of hydrogen-bond acceptors (Lipinski definition) is 3. The van der Waals surface area contributed by atoms with E-state index in [-0.39, 0.29) is 30.3 Å². The molecule has 0 aromatic heterocycles. The van der Waals surface area contributed by atoms with Gasteiger partial charge in [-0.1, -0.05) is 17.7 Å². The smallest absolute Gasteiger partial charge is 0.251 e. The van der Waals surface area contributed by atoms with Crippen LogP contribution in [0.25, 0.3) is 0 Å². The second kappa shape index (κ2) is 8.64. The predicted molar refractivity (Wildman–Crippen MR) is 84.8 cm³/mol. The molecule has 1 fully saturated rings. The molecule has 1 aliphatic rings. The number of carbonyl (C=O) groups excluding carboxylic acids is 2. The molecule has 1 atom stereocenters. The van der Waals surface area contributed by atoms with Gasteiger partial charge in [0.25, 0.3) is 5.91 Å². The van der Waals surface area contributed by atoms with Crippen molar-refractivity contribution in [2.75, 3.05) is 19.6 Å². The second-order valence-electron chi connectivity index (χ2n) is 5.06. The quantitative estimate of drug-likeness (QED) is 0.711. The van der Waals surface area contributed by atoms with Crippen molar-refractivity contribution in [1.82, 2.24) is 16.0 Å². The zero-order valence-electron chi connectivity index (χ0n) is 12.1. The molecule has 0 spiro atoms. The summed E-state index contributed by atoms with van der Waals surface area (Å²) in [7, 11) is 0. The van der Waals surface area contributed by atoms with Crippen LogP contribution in [0.1, 0.15) is 28.8 Å². The number of hydrogen-bond donors (Lipinski definition) is 3. The number of halogens is 1. The highest BCUT2D eigenvalue weighted by atomic mass is 35.5. The molecule has 0 bridgehead atoms. The molecule has 3 N–H and O–H groups in total. The molecule has 1 aromatic carbocycles. The van der Waals surface area contributed by atoms with E-state index in [0.29, 0.717) is 18.7 Å². The number of amides is 2. The summed E-state index contributed by atoms with van der Waals surface area (Å²) in [5, 5.41) is 8.75. The van der Waals surface area contributed by atoms with Gasteiger partial charge in [-0.05, 0) is 38.4 Å². The molecular formula is C15H22ClN3O2.